The highest BCUT2D eigenvalue weighted by molar-refractivity contribution is 6.31. The molecule has 0 spiro atoms. The molecule has 0 radical (unpaired) electrons. The zero-order chi connectivity index (χ0) is 16.2. The summed E-state index contributed by atoms with van der Waals surface area (Å²) < 4.78 is 13.8. The van der Waals surface area contributed by atoms with Gasteiger partial charge in [0.15, 0.2) is 0 Å². The summed E-state index contributed by atoms with van der Waals surface area (Å²) in [7, 11) is 0. The summed E-state index contributed by atoms with van der Waals surface area (Å²) in [6.45, 7) is 0.217. The van der Waals surface area contributed by atoms with E-state index in [0.29, 0.717) is 17.0 Å². The first-order valence-corrected chi connectivity index (χ1v) is 7.54. The second-order valence-electron chi connectivity index (χ2n) is 5.31. The third kappa shape index (κ3) is 3.97. The van der Waals surface area contributed by atoms with Crippen molar-refractivity contribution in [1.29, 1.82) is 0 Å². The van der Waals surface area contributed by atoms with E-state index < -0.39 is 6.03 Å². The zero-order valence-electron chi connectivity index (χ0n) is 12.1. The van der Waals surface area contributed by atoms with Gasteiger partial charge in [-0.2, -0.15) is 0 Å². The third-order valence-electron chi connectivity index (χ3n) is 3.60. The van der Waals surface area contributed by atoms with Crippen LogP contribution in [0.4, 0.5) is 9.18 Å². The highest BCUT2D eigenvalue weighted by Gasteiger charge is 2.42. The minimum Gasteiger partial charge on any atom is -0.333 e. The van der Waals surface area contributed by atoms with Crippen molar-refractivity contribution in [3.63, 3.8) is 0 Å². The second-order valence-corrected chi connectivity index (χ2v) is 5.72. The van der Waals surface area contributed by atoms with Gasteiger partial charge >= 0.3 is 6.03 Å². The maximum Gasteiger partial charge on any atom is 0.338 e. The fourth-order valence-corrected chi connectivity index (χ4v) is 2.71. The van der Waals surface area contributed by atoms with Gasteiger partial charge in [-0.05, 0) is 30.2 Å². The first-order chi connectivity index (χ1) is 11.1. The van der Waals surface area contributed by atoms with Gasteiger partial charge in [0.05, 0.1) is 0 Å². The number of hydrogen-bond acceptors (Lipinski definition) is 3. The first-order valence-electron chi connectivity index (χ1n) is 7.16. The minimum absolute atomic E-state index is 0.104. The Morgan fingerprint density at radius 3 is 3.00 bits per heavy atom. The van der Waals surface area contributed by atoms with E-state index in [9.17, 15) is 9.18 Å². The standard InChI is InChI=1S/C16H15ClFN3O2/c17-12-4-1-5-13(18)15(12)11-7-14(11)20-16(22)21-23-9-10-3-2-6-19-8-10/h1-6,8,11,14H,7,9H2,(H2,20,21,22)/t11-,14+/m0/s1. The van der Waals surface area contributed by atoms with E-state index in [2.05, 4.69) is 15.8 Å². The molecule has 120 valence electrons. The Bertz CT molecular complexity index is 679. The molecule has 5 nitrogen and oxygen atoms in total. The summed E-state index contributed by atoms with van der Waals surface area (Å²) >= 11 is 6.02. The number of pyridine rings is 1. The van der Waals surface area contributed by atoms with Gasteiger partial charge in [0.2, 0.25) is 0 Å². The molecule has 0 unspecified atom stereocenters. The summed E-state index contributed by atoms with van der Waals surface area (Å²) in [4.78, 5) is 20.8. The Labute approximate surface area is 137 Å². The number of benzene rings is 1. The molecule has 2 aromatic rings. The minimum atomic E-state index is -0.464. The Hall–Kier alpha value is -2.18. The van der Waals surface area contributed by atoms with Crippen molar-refractivity contribution in [2.45, 2.75) is 25.0 Å². The lowest BCUT2D eigenvalue weighted by Crippen LogP contribution is -2.37. The summed E-state index contributed by atoms with van der Waals surface area (Å²) in [5, 5.41) is 3.11. The van der Waals surface area contributed by atoms with Gasteiger partial charge in [-0.25, -0.2) is 14.7 Å². The molecule has 1 aromatic heterocycles. The fourth-order valence-electron chi connectivity index (χ4n) is 2.40. The van der Waals surface area contributed by atoms with E-state index in [1.807, 2.05) is 6.07 Å². The monoisotopic (exact) mass is 335 g/mol. The van der Waals surface area contributed by atoms with Gasteiger partial charge in [0, 0.05) is 34.9 Å². The maximum atomic E-state index is 13.8. The zero-order valence-corrected chi connectivity index (χ0v) is 12.9. The Balaban J connectivity index is 1.45. The maximum absolute atomic E-state index is 13.8. The molecule has 3 rings (SSSR count). The average molecular weight is 336 g/mol. The molecule has 23 heavy (non-hydrogen) atoms. The number of urea groups is 1. The Morgan fingerprint density at radius 2 is 2.26 bits per heavy atom. The second kappa shape index (κ2) is 6.93. The number of carbonyl (C=O) groups excluding carboxylic acids is 1. The van der Waals surface area contributed by atoms with Gasteiger partial charge in [-0.15, -0.1) is 0 Å². The van der Waals surface area contributed by atoms with Crippen molar-refractivity contribution >= 4 is 17.6 Å². The van der Waals surface area contributed by atoms with Crippen LogP contribution in [0.25, 0.3) is 0 Å². The van der Waals surface area contributed by atoms with Crippen LogP contribution >= 0.6 is 11.6 Å². The van der Waals surface area contributed by atoms with Gasteiger partial charge < -0.3 is 5.32 Å². The normalized spacial score (nSPS) is 19.2. The lowest BCUT2D eigenvalue weighted by molar-refractivity contribution is 0.0488. The van der Waals surface area contributed by atoms with Crippen LogP contribution in [0.2, 0.25) is 5.02 Å². The average Bonchev–Trinajstić information content (AvgIpc) is 3.27. The molecular formula is C16H15ClFN3O2. The van der Waals surface area contributed by atoms with Crippen LogP contribution in [-0.2, 0) is 11.4 Å². The number of carbonyl (C=O) groups is 1. The molecule has 2 N–H and O–H groups in total. The number of nitrogens with one attached hydrogen (secondary N) is 2. The van der Waals surface area contributed by atoms with E-state index in [1.54, 1.807) is 30.6 Å². The number of halogens is 2. The molecule has 1 fully saturated rings. The topological polar surface area (TPSA) is 63.2 Å². The van der Waals surface area contributed by atoms with Gasteiger partial charge in [0.25, 0.3) is 0 Å². The van der Waals surface area contributed by atoms with Crippen LogP contribution in [0.3, 0.4) is 0 Å². The van der Waals surface area contributed by atoms with Gasteiger partial charge in [0.1, 0.15) is 12.4 Å². The molecule has 0 saturated heterocycles. The van der Waals surface area contributed by atoms with Crippen LogP contribution in [0.1, 0.15) is 23.5 Å². The molecule has 7 heteroatoms. The molecule has 1 aliphatic carbocycles. The molecule has 1 heterocycles. The molecule has 0 aliphatic heterocycles. The van der Waals surface area contributed by atoms with Crippen LogP contribution < -0.4 is 10.8 Å². The van der Waals surface area contributed by atoms with Gasteiger partial charge in [-0.1, -0.05) is 23.7 Å². The third-order valence-corrected chi connectivity index (χ3v) is 3.93. The van der Waals surface area contributed by atoms with Crippen molar-refractivity contribution in [3.8, 4) is 0 Å². The van der Waals surface area contributed by atoms with E-state index in [-0.39, 0.29) is 24.4 Å². The number of rotatable bonds is 5. The van der Waals surface area contributed by atoms with Crippen molar-refractivity contribution in [1.82, 2.24) is 15.8 Å². The smallest absolute Gasteiger partial charge is 0.333 e. The van der Waals surface area contributed by atoms with Crippen LogP contribution in [-0.4, -0.2) is 17.1 Å². The number of nitrogens with zero attached hydrogens (tertiary/aromatic N) is 1. The van der Waals surface area contributed by atoms with Crippen molar-refractivity contribution < 1.29 is 14.0 Å². The van der Waals surface area contributed by atoms with Gasteiger partial charge in [-0.3, -0.25) is 9.82 Å². The summed E-state index contributed by atoms with van der Waals surface area (Å²) in [6.07, 6.45) is 3.96. The number of aromatic nitrogens is 1. The highest BCUT2D eigenvalue weighted by atomic mass is 35.5. The van der Waals surface area contributed by atoms with Crippen LogP contribution in [0, 0.1) is 5.82 Å². The first kappa shape index (κ1) is 15.7. The summed E-state index contributed by atoms with van der Waals surface area (Å²) in [5.41, 5.74) is 3.60. The largest absolute Gasteiger partial charge is 0.338 e. The summed E-state index contributed by atoms with van der Waals surface area (Å²) in [5.74, 6) is -0.451. The van der Waals surface area contributed by atoms with Crippen molar-refractivity contribution in [3.05, 3.63) is 64.7 Å². The molecule has 2 atom stereocenters. The van der Waals surface area contributed by atoms with E-state index in [4.69, 9.17) is 16.4 Å². The van der Waals surface area contributed by atoms with Crippen LogP contribution in [0.5, 0.6) is 0 Å². The van der Waals surface area contributed by atoms with E-state index in [1.165, 1.54) is 6.07 Å². The molecule has 1 saturated carbocycles. The van der Waals surface area contributed by atoms with Crippen LogP contribution in [0.15, 0.2) is 42.7 Å². The highest BCUT2D eigenvalue weighted by Crippen LogP contribution is 2.44. The molecule has 1 aromatic carbocycles. The van der Waals surface area contributed by atoms with E-state index >= 15 is 0 Å². The number of hydrogen-bond donors (Lipinski definition) is 2. The van der Waals surface area contributed by atoms with Crippen molar-refractivity contribution in [2.75, 3.05) is 0 Å². The molecule has 1 aliphatic rings. The molecule has 0 bridgehead atoms. The predicted octanol–water partition coefficient (Wildman–Crippen LogP) is 3.16. The van der Waals surface area contributed by atoms with E-state index in [0.717, 1.165) is 5.56 Å². The lowest BCUT2D eigenvalue weighted by Gasteiger charge is -2.08. The SMILES string of the molecule is O=C(NOCc1cccnc1)N[C@@H]1C[C@@H]1c1c(F)cccc1Cl. The quantitative estimate of drug-likeness (QED) is 0.825. The Kier molecular flexibility index (Phi) is 4.73. The van der Waals surface area contributed by atoms with Crippen molar-refractivity contribution in [2.24, 2.45) is 0 Å². The molecule has 2 amide bonds. The molecular weight excluding hydrogens is 321 g/mol. The number of amides is 2. The fraction of sp³-hybridized carbons (Fsp3) is 0.250. The predicted molar refractivity (Wildman–Crippen MR) is 83.2 cm³/mol. The lowest BCUT2D eigenvalue weighted by atomic mass is 10.1. The number of hydroxylamine groups is 1. The Morgan fingerprint density at radius 1 is 1.39 bits per heavy atom. The summed E-state index contributed by atoms with van der Waals surface area (Å²) in [6, 6.07) is 7.58.